The van der Waals surface area contributed by atoms with Gasteiger partial charge in [0.25, 0.3) is 0 Å². The van der Waals surface area contributed by atoms with Crippen LogP contribution in [0.3, 0.4) is 0 Å². The van der Waals surface area contributed by atoms with Gasteiger partial charge in [-0.1, -0.05) is 0 Å². The number of imidazole rings is 1. The summed E-state index contributed by atoms with van der Waals surface area (Å²) in [6, 6.07) is -1.17. The Bertz CT molecular complexity index is 824. The summed E-state index contributed by atoms with van der Waals surface area (Å²) >= 11 is 0. The highest BCUT2D eigenvalue weighted by Gasteiger charge is 2.41. The second-order valence-electron chi connectivity index (χ2n) is 7.42. The summed E-state index contributed by atoms with van der Waals surface area (Å²) in [5, 5.41) is 26.7. The number of carbonyl (C=O) groups excluding carboxylic acids is 1. The zero-order valence-corrected chi connectivity index (χ0v) is 15.7. The number of likely N-dealkylation sites (tertiary alicyclic amines) is 1. The lowest BCUT2D eigenvalue weighted by Crippen LogP contribution is -2.60. The molecule has 152 valence electrons. The first kappa shape index (κ1) is 19.0. The Morgan fingerprint density at radius 2 is 2.14 bits per heavy atom. The van der Waals surface area contributed by atoms with Crippen LogP contribution < -0.4 is 10.6 Å². The summed E-state index contributed by atoms with van der Waals surface area (Å²) in [6.45, 7) is 2.45. The minimum Gasteiger partial charge on any atom is -0.391 e. The summed E-state index contributed by atoms with van der Waals surface area (Å²) < 4.78 is 5.96. The first-order valence-electron chi connectivity index (χ1n) is 9.37. The van der Waals surface area contributed by atoms with Gasteiger partial charge in [0.2, 0.25) is 5.91 Å². The third-order valence-electron chi connectivity index (χ3n) is 5.47. The number of rotatable bonds is 4. The second-order valence-corrected chi connectivity index (χ2v) is 7.42. The molecule has 0 saturated carbocycles. The lowest BCUT2D eigenvalue weighted by atomic mass is 9.98. The molecule has 2 aliphatic rings. The molecule has 5 N–H and O–H groups in total. The number of H-pyrrole nitrogens is 1. The molecular formula is C17H25N7O4. The van der Waals surface area contributed by atoms with Gasteiger partial charge in [0.1, 0.15) is 24.1 Å². The van der Waals surface area contributed by atoms with E-state index in [9.17, 15) is 15.0 Å². The van der Waals surface area contributed by atoms with Crippen molar-refractivity contribution in [3.05, 3.63) is 12.7 Å². The van der Waals surface area contributed by atoms with Crippen LogP contribution in [0.2, 0.25) is 0 Å². The van der Waals surface area contributed by atoms with E-state index in [1.54, 1.807) is 14.0 Å². The zero-order valence-electron chi connectivity index (χ0n) is 15.7. The molecule has 2 aliphatic heterocycles. The molecule has 11 nitrogen and oxygen atoms in total. The maximum Gasteiger partial charge on any atom is 0.240 e. The molecule has 0 unspecified atom stereocenters. The van der Waals surface area contributed by atoms with Crippen LogP contribution in [-0.2, 0) is 9.53 Å². The molecule has 2 aromatic rings. The van der Waals surface area contributed by atoms with Crippen molar-refractivity contribution in [1.29, 1.82) is 0 Å². The van der Waals surface area contributed by atoms with Crippen LogP contribution >= 0.6 is 0 Å². The number of aliphatic hydroxyl groups excluding tert-OH is 2. The molecule has 0 aromatic carbocycles. The zero-order chi connectivity index (χ0) is 19.8. The standard InChI is InChI=1S/C17H25N7O4/c1-8-12(23-17(27)14-9(25)3-4-24(14)2)10(26)5-11(28-8)22-16-13-15(19-6-18-13)20-7-21-16/h6-12,14,25-26H,3-5H2,1-2H3,(H,23,27)(H2,18,19,20,21,22)/t8-,9-,10-,11-,12-,14+/m0/s1. The first-order valence-corrected chi connectivity index (χ1v) is 9.37. The molecule has 2 aromatic heterocycles. The van der Waals surface area contributed by atoms with E-state index >= 15 is 0 Å². The maximum atomic E-state index is 12.6. The number of hydrogen-bond donors (Lipinski definition) is 5. The number of likely N-dealkylation sites (N-methyl/N-ethyl adjacent to an activating group) is 1. The number of aliphatic hydroxyl groups is 2. The van der Waals surface area contributed by atoms with Crippen LogP contribution in [0, 0.1) is 0 Å². The summed E-state index contributed by atoms with van der Waals surface area (Å²) in [7, 11) is 1.80. The van der Waals surface area contributed by atoms with E-state index < -0.39 is 36.6 Å². The third-order valence-corrected chi connectivity index (χ3v) is 5.47. The number of nitrogens with one attached hydrogen (secondary N) is 3. The molecule has 4 heterocycles. The molecule has 0 aliphatic carbocycles. The Morgan fingerprint density at radius 3 is 2.86 bits per heavy atom. The van der Waals surface area contributed by atoms with Gasteiger partial charge in [-0.15, -0.1) is 0 Å². The third kappa shape index (κ3) is 3.53. The Kier molecular flexibility index (Phi) is 5.15. The van der Waals surface area contributed by atoms with E-state index in [1.165, 1.54) is 12.7 Å². The summed E-state index contributed by atoms with van der Waals surface area (Å²) in [5.41, 5.74) is 1.19. The number of amides is 1. The number of anilines is 1. The first-order chi connectivity index (χ1) is 13.4. The van der Waals surface area contributed by atoms with Crippen LogP contribution in [-0.4, -0.2) is 91.2 Å². The lowest BCUT2D eigenvalue weighted by molar-refractivity contribution is -0.137. The second kappa shape index (κ2) is 7.59. The van der Waals surface area contributed by atoms with Crippen molar-refractivity contribution < 1.29 is 19.7 Å². The molecular weight excluding hydrogens is 366 g/mol. The molecule has 4 rings (SSSR count). The van der Waals surface area contributed by atoms with E-state index in [0.717, 1.165) is 0 Å². The minimum atomic E-state index is -0.812. The highest BCUT2D eigenvalue weighted by atomic mass is 16.5. The predicted octanol–water partition coefficient (Wildman–Crippen LogP) is -1.19. The molecule has 28 heavy (non-hydrogen) atoms. The molecule has 0 spiro atoms. The van der Waals surface area contributed by atoms with Gasteiger partial charge in [0.05, 0.1) is 30.7 Å². The Hall–Kier alpha value is -2.34. The van der Waals surface area contributed by atoms with Gasteiger partial charge in [-0.2, -0.15) is 0 Å². The molecule has 1 amide bonds. The van der Waals surface area contributed by atoms with Crippen molar-refractivity contribution in [1.82, 2.24) is 30.2 Å². The highest BCUT2D eigenvalue weighted by molar-refractivity contribution is 5.83. The lowest BCUT2D eigenvalue weighted by Gasteiger charge is -2.39. The smallest absolute Gasteiger partial charge is 0.240 e. The van der Waals surface area contributed by atoms with E-state index in [-0.39, 0.29) is 12.3 Å². The van der Waals surface area contributed by atoms with Crippen molar-refractivity contribution in [2.75, 3.05) is 18.9 Å². The van der Waals surface area contributed by atoms with Crippen molar-refractivity contribution >= 4 is 22.9 Å². The normalized spacial score (nSPS) is 33.9. The van der Waals surface area contributed by atoms with Crippen molar-refractivity contribution in [2.24, 2.45) is 0 Å². The largest absolute Gasteiger partial charge is 0.391 e. The van der Waals surface area contributed by atoms with Crippen LogP contribution in [0.15, 0.2) is 12.7 Å². The predicted molar refractivity (Wildman–Crippen MR) is 99.2 cm³/mol. The van der Waals surface area contributed by atoms with E-state index in [4.69, 9.17) is 4.74 Å². The van der Waals surface area contributed by atoms with Crippen LogP contribution in [0.25, 0.3) is 11.2 Å². The average molecular weight is 391 g/mol. The Labute approximate surface area is 161 Å². The number of carbonyl (C=O) groups is 1. The van der Waals surface area contributed by atoms with Crippen molar-refractivity contribution in [3.8, 4) is 0 Å². The number of hydrogen-bond acceptors (Lipinski definition) is 9. The summed E-state index contributed by atoms with van der Waals surface area (Å²) in [4.78, 5) is 29.7. The topological polar surface area (TPSA) is 149 Å². The van der Waals surface area contributed by atoms with Gasteiger partial charge >= 0.3 is 0 Å². The quantitative estimate of drug-likeness (QED) is 0.434. The van der Waals surface area contributed by atoms with E-state index in [1.807, 2.05) is 4.90 Å². The number of fused-ring (bicyclic) bond motifs is 1. The Morgan fingerprint density at radius 1 is 1.32 bits per heavy atom. The number of aromatic nitrogens is 4. The average Bonchev–Trinajstić information content (AvgIpc) is 3.25. The van der Waals surface area contributed by atoms with Crippen molar-refractivity contribution in [2.45, 2.75) is 56.4 Å². The van der Waals surface area contributed by atoms with Gasteiger partial charge in [0.15, 0.2) is 11.5 Å². The minimum absolute atomic E-state index is 0.262. The molecule has 0 radical (unpaired) electrons. The molecule has 2 saturated heterocycles. The van der Waals surface area contributed by atoms with Gasteiger partial charge in [-0.3, -0.25) is 9.69 Å². The highest BCUT2D eigenvalue weighted by Crippen LogP contribution is 2.24. The van der Waals surface area contributed by atoms with Gasteiger partial charge in [0, 0.05) is 13.0 Å². The molecule has 6 atom stereocenters. The van der Waals surface area contributed by atoms with E-state index in [0.29, 0.717) is 29.9 Å². The summed E-state index contributed by atoms with van der Waals surface area (Å²) in [6.07, 6.45) is 1.31. The van der Waals surface area contributed by atoms with E-state index in [2.05, 4.69) is 30.6 Å². The van der Waals surface area contributed by atoms with Crippen LogP contribution in [0.4, 0.5) is 5.82 Å². The monoisotopic (exact) mass is 391 g/mol. The summed E-state index contributed by atoms with van der Waals surface area (Å²) in [5.74, 6) is 0.235. The van der Waals surface area contributed by atoms with Gasteiger partial charge in [-0.25, -0.2) is 15.0 Å². The van der Waals surface area contributed by atoms with Crippen LogP contribution in [0.1, 0.15) is 19.8 Å². The number of nitrogens with zero attached hydrogens (tertiary/aromatic N) is 4. The molecule has 0 bridgehead atoms. The SMILES string of the molecule is C[C@@H]1O[C@H](Nc2ncnc3nc[nH]c23)C[C@H](O)[C@H]1NC(=O)[C@H]1[C@@H](O)CCN1C. The fraction of sp³-hybridized carbons (Fsp3) is 0.647. The number of aromatic amines is 1. The van der Waals surface area contributed by atoms with Gasteiger partial charge in [-0.05, 0) is 20.4 Å². The molecule has 11 heteroatoms. The maximum absolute atomic E-state index is 12.6. The van der Waals surface area contributed by atoms with Crippen LogP contribution in [0.5, 0.6) is 0 Å². The Balaban J connectivity index is 1.40. The fourth-order valence-electron chi connectivity index (χ4n) is 3.96. The number of ether oxygens (including phenoxy) is 1. The fourth-order valence-corrected chi connectivity index (χ4v) is 3.96. The van der Waals surface area contributed by atoms with Gasteiger partial charge < -0.3 is 30.6 Å². The molecule has 2 fully saturated rings. The van der Waals surface area contributed by atoms with Crippen molar-refractivity contribution in [3.63, 3.8) is 0 Å².